The normalized spacial score (nSPS) is 39.0. The summed E-state index contributed by atoms with van der Waals surface area (Å²) in [4.78, 5) is 2.36. The Morgan fingerprint density at radius 1 is 1.56 bits per heavy atom. The fourth-order valence-electron chi connectivity index (χ4n) is 1.33. The summed E-state index contributed by atoms with van der Waals surface area (Å²) in [6.07, 6.45) is 2.33. The van der Waals surface area contributed by atoms with E-state index >= 15 is 0 Å². The number of nitrogens with zero attached hydrogens (tertiary/aromatic N) is 1. The molecule has 1 saturated heterocycles. The summed E-state index contributed by atoms with van der Waals surface area (Å²) in [7, 11) is 2.16. The van der Waals surface area contributed by atoms with Crippen LogP contribution in [0.5, 0.6) is 0 Å². The molecule has 1 fully saturated rings. The van der Waals surface area contributed by atoms with E-state index in [0.29, 0.717) is 12.1 Å². The summed E-state index contributed by atoms with van der Waals surface area (Å²) < 4.78 is 0. The molecule has 0 aliphatic carbocycles. The van der Waals surface area contributed by atoms with Crippen LogP contribution in [-0.4, -0.2) is 30.6 Å². The van der Waals surface area contributed by atoms with Crippen LogP contribution >= 0.6 is 0 Å². The first kappa shape index (κ1) is 7.03. The van der Waals surface area contributed by atoms with Crippen LogP contribution in [-0.2, 0) is 0 Å². The van der Waals surface area contributed by atoms with Gasteiger partial charge in [0.15, 0.2) is 0 Å². The van der Waals surface area contributed by atoms with Crippen LogP contribution in [0.1, 0.15) is 19.8 Å². The van der Waals surface area contributed by atoms with Gasteiger partial charge in [-0.25, -0.2) is 0 Å². The maximum atomic E-state index is 5.76. The zero-order valence-electron chi connectivity index (χ0n) is 6.30. The molecule has 0 aromatic heterocycles. The van der Waals surface area contributed by atoms with Gasteiger partial charge in [-0.3, -0.25) is 0 Å². The van der Waals surface area contributed by atoms with Gasteiger partial charge >= 0.3 is 0 Å². The van der Waals surface area contributed by atoms with Gasteiger partial charge in [0.2, 0.25) is 0 Å². The van der Waals surface area contributed by atoms with Crippen LogP contribution in [0.4, 0.5) is 0 Å². The Hall–Kier alpha value is -0.0800. The molecule has 54 valence electrons. The molecule has 1 aliphatic heterocycles. The van der Waals surface area contributed by atoms with Crippen LogP contribution < -0.4 is 5.73 Å². The van der Waals surface area contributed by atoms with Gasteiger partial charge in [-0.2, -0.15) is 0 Å². The molecule has 0 bridgehead atoms. The first-order valence-electron chi connectivity index (χ1n) is 3.66. The maximum Gasteiger partial charge on any atom is 0.00786 e. The maximum absolute atomic E-state index is 5.76. The van der Waals surface area contributed by atoms with E-state index in [-0.39, 0.29) is 0 Å². The highest BCUT2D eigenvalue weighted by molar-refractivity contribution is 4.78. The van der Waals surface area contributed by atoms with Crippen LogP contribution in [0.2, 0.25) is 0 Å². The lowest BCUT2D eigenvalue weighted by Crippen LogP contribution is -2.43. The number of likely N-dealkylation sites (tertiary alicyclic amines) is 1. The second kappa shape index (κ2) is 2.67. The lowest BCUT2D eigenvalue weighted by Gasteiger charge is -2.33. The molecule has 0 radical (unpaired) electrons. The number of hydrogen-bond acceptors (Lipinski definition) is 2. The third-order valence-corrected chi connectivity index (χ3v) is 2.25. The molecule has 0 aromatic carbocycles. The van der Waals surface area contributed by atoms with E-state index < -0.39 is 0 Å². The van der Waals surface area contributed by atoms with Crippen molar-refractivity contribution in [2.24, 2.45) is 5.73 Å². The summed E-state index contributed by atoms with van der Waals surface area (Å²) in [6, 6.07) is 1.14. The van der Waals surface area contributed by atoms with Crippen molar-refractivity contribution in [3.63, 3.8) is 0 Å². The highest BCUT2D eigenvalue weighted by atomic mass is 15.1. The molecule has 0 aromatic rings. The summed E-state index contributed by atoms with van der Waals surface area (Å²) in [6.45, 7) is 3.40. The molecular formula is C7H16N2. The molecule has 2 nitrogen and oxygen atoms in total. The van der Waals surface area contributed by atoms with E-state index in [2.05, 4.69) is 18.9 Å². The minimum Gasteiger partial charge on any atom is -0.328 e. The number of nitrogens with two attached hydrogens (primary N) is 1. The van der Waals surface area contributed by atoms with Gasteiger partial charge in [0, 0.05) is 12.1 Å². The molecule has 0 amide bonds. The summed E-state index contributed by atoms with van der Waals surface area (Å²) in [5.74, 6) is 0. The predicted octanol–water partition coefficient (Wildman–Crippen LogP) is 0.428. The minimum absolute atomic E-state index is 0.455. The average molecular weight is 128 g/mol. The second-order valence-electron chi connectivity index (χ2n) is 3.11. The van der Waals surface area contributed by atoms with Gasteiger partial charge in [0.25, 0.3) is 0 Å². The van der Waals surface area contributed by atoms with E-state index in [1.165, 1.54) is 13.0 Å². The van der Waals surface area contributed by atoms with Gasteiger partial charge in [-0.1, -0.05) is 0 Å². The van der Waals surface area contributed by atoms with Crippen molar-refractivity contribution in [3.05, 3.63) is 0 Å². The van der Waals surface area contributed by atoms with E-state index in [1.807, 2.05) is 0 Å². The zero-order chi connectivity index (χ0) is 6.85. The fraction of sp³-hybridized carbons (Fsp3) is 1.00. The molecule has 1 rings (SSSR count). The Labute approximate surface area is 57.0 Å². The van der Waals surface area contributed by atoms with E-state index in [9.17, 15) is 0 Å². The average Bonchev–Trinajstić information content (AvgIpc) is 1.80. The van der Waals surface area contributed by atoms with Gasteiger partial charge in [-0.15, -0.1) is 0 Å². The molecule has 2 N–H and O–H groups in total. The molecule has 2 heteroatoms. The first-order chi connectivity index (χ1) is 4.20. The van der Waals surface area contributed by atoms with Gasteiger partial charge in [0.05, 0.1) is 0 Å². The summed E-state index contributed by atoms with van der Waals surface area (Å²) in [5.41, 5.74) is 5.76. The number of piperidine rings is 1. The molecule has 9 heavy (non-hydrogen) atoms. The van der Waals surface area contributed by atoms with Crippen LogP contribution in [0.15, 0.2) is 0 Å². The lowest BCUT2D eigenvalue weighted by atomic mass is 10.0. The van der Waals surface area contributed by atoms with Crippen molar-refractivity contribution in [2.75, 3.05) is 13.6 Å². The molecular weight excluding hydrogens is 112 g/mol. The van der Waals surface area contributed by atoms with E-state index in [1.54, 1.807) is 0 Å². The van der Waals surface area contributed by atoms with E-state index in [4.69, 9.17) is 5.73 Å². The quantitative estimate of drug-likeness (QED) is 0.512. The van der Waals surface area contributed by atoms with Crippen LogP contribution in [0.25, 0.3) is 0 Å². The standard InChI is InChI=1S/C7H16N2/c1-6-5-7(8)3-4-9(6)2/h6-7H,3-5,8H2,1-2H3. The Balaban J connectivity index is 2.35. The highest BCUT2D eigenvalue weighted by Crippen LogP contribution is 2.12. The Morgan fingerprint density at radius 2 is 2.22 bits per heavy atom. The third kappa shape index (κ3) is 1.66. The molecule has 2 atom stereocenters. The van der Waals surface area contributed by atoms with Crippen molar-refractivity contribution < 1.29 is 0 Å². The molecule has 1 heterocycles. The Bertz CT molecular complexity index is 92.9. The largest absolute Gasteiger partial charge is 0.328 e. The van der Waals surface area contributed by atoms with Gasteiger partial charge in [0.1, 0.15) is 0 Å². The molecule has 1 aliphatic rings. The molecule has 0 saturated carbocycles. The van der Waals surface area contributed by atoms with Crippen LogP contribution in [0.3, 0.4) is 0 Å². The van der Waals surface area contributed by atoms with Crippen molar-refractivity contribution in [1.82, 2.24) is 4.90 Å². The van der Waals surface area contributed by atoms with Crippen molar-refractivity contribution >= 4 is 0 Å². The SMILES string of the molecule is CC1CC(N)CCN1C. The smallest absolute Gasteiger partial charge is 0.00786 e. The van der Waals surface area contributed by atoms with Crippen molar-refractivity contribution in [1.29, 1.82) is 0 Å². The van der Waals surface area contributed by atoms with Gasteiger partial charge in [-0.05, 0) is 33.4 Å². The first-order valence-corrected chi connectivity index (χ1v) is 3.66. The summed E-state index contributed by atoms with van der Waals surface area (Å²) in [5, 5.41) is 0. The second-order valence-corrected chi connectivity index (χ2v) is 3.11. The highest BCUT2D eigenvalue weighted by Gasteiger charge is 2.18. The fourth-order valence-corrected chi connectivity index (χ4v) is 1.33. The van der Waals surface area contributed by atoms with Crippen LogP contribution in [0, 0.1) is 0 Å². The molecule has 2 unspecified atom stereocenters. The Morgan fingerprint density at radius 3 is 2.67 bits per heavy atom. The lowest BCUT2D eigenvalue weighted by molar-refractivity contribution is 0.184. The number of rotatable bonds is 0. The minimum atomic E-state index is 0.455. The number of hydrogen-bond donors (Lipinski definition) is 1. The van der Waals surface area contributed by atoms with E-state index in [0.717, 1.165) is 6.42 Å². The van der Waals surface area contributed by atoms with Crippen molar-refractivity contribution in [2.45, 2.75) is 31.8 Å². The Kier molecular flexibility index (Phi) is 2.09. The topological polar surface area (TPSA) is 29.3 Å². The third-order valence-electron chi connectivity index (χ3n) is 2.25. The molecule has 0 spiro atoms. The monoisotopic (exact) mass is 128 g/mol. The summed E-state index contributed by atoms with van der Waals surface area (Å²) >= 11 is 0. The zero-order valence-corrected chi connectivity index (χ0v) is 6.30. The van der Waals surface area contributed by atoms with Gasteiger partial charge < -0.3 is 10.6 Å². The predicted molar refractivity (Wildman–Crippen MR) is 39.3 cm³/mol. The van der Waals surface area contributed by atoms with Crippen molar-refractivity contribution in [3.8, 4) is 0 Å².